The Bertz CT molecular complexity index is 871. The number of carbonyl (C=O) groups is 1. The van der Waals surface area contributed by atoms with E-state index in [1.807, 2.05) is 24.3 Å². The van der Waals surface area contributed by atoms with Crippen LogP contribution < -0.4 is 10.6 Å². The highest BCUT2D eigenvalue weighted by Gasteiger charge is 2.29. The summed E-state index contributed by atoms with van der Waals surface area (Å²) in [5.74, 6) is 0.870. The van der Waals surface area contributed by atoms with E-state index in [4.69, 9.17) is 4.74 Å². The topological polar surface area (TPSA) is 89.0 Å². The molecule has 1 aliphatic heterocycles. The molecule has 2 N–H and O–H groups in total. The summed E-state index contributed by atoms with van der Waals surface area (Å²) < 4.78 is 5.92. The monoisotopic (exact) mass is 381 g/mol. The van der Waals surface area contributed by atoms with Gasteiger partial charge >= 0.3 is 0 Å². The van der Waals surface area contributed by atoms with Crippen LogP contribution in [0.3, 0.4) is 0 Å². The van der Waals surface area contributed by atoms with Crippen molar-refractivity contribution in [3.8, 4) is 0 Å². The molecule has 0 aliphatic carbocycles. The largest absolute Gasteiger partial charge is 0.373 e. The highest BCUT2D eigenvalue weighted by atomic mass is 32.1. The average molecular weight is 381 g/mol. The van der Waals surface area contributed by atoms with Gasteiger partial charge in [-0.2, -0.15) is 0 Å². The number of amides is 1. The number of hydrogen-bond donors (Lipinski definition) is 2. The number of rotatable bonds is 6. The van der Waals surface area contributed by atoms with Gasteiger partial charge in [0.05, 0.1) is 11.7 Å². The van der Waals surface area contributed by atoms with Gasteiger partial charge < -0.3 is 10.1 Å². The predicted octanol–water partition coefficient (Wildman–Crippen LogP) is 3.38. The standard InChI is InChI=1S/C19H19N5O2S/c25-18(23-19-24-22-12-27-19)15-6-7-16(21-11-15)20-10-14-8-9-26-17(14)13-4-2-1-3-5-13/h1-7,11-12,14,17H,8-10H2,(H,20,21)(H,23,24,25). The van der Waals surface area contributed by atoms with Crippen molar-refractivity contribution in [2.24, 2.45) is 5.92 Å². The van der Waals surface area contributed by atoms with Gasteiger partial charge in [0.25, 0.3) is 5.91 Å². The molecule has 1 aliphatic rings. The second-order valence-corrected chi connectivity index (χ2v) is 7.10. The molecule has 2 unspecified atom stereocenters. The lowest BCUT2D eigenvalue weighted by Crippen LogP contribution is -2.18. The van der Waals surface area contributed by atoms with Crippen LogP contribution in [0.2, 0.25) is 0 Å². The maximum Gasteiger partial charge on any atom is 0.259 e. The zero-order chi connectivity index (χ0) is 18.5. The molecule has 138 valence electrons. The van der Waals surface area contributed by atoms with Gasteiger partial charge in [-0.15, -0.1) is 10.2 Å². The molecule has 2 aromatic heterocycles. The zero-order valence-corrected chi connectivity index (χ0v) is 15.4. The number of carbonyl (C=O) groups excluding carboxylic acids is 1. The molecule has 1 fully saturated rings. The lowest BCUT2D eigenvalue weighted by atomic mass is 9.95. The maximum atomic E-state index is 12.1. The third-order valence-corrected chi connectivity index (χ3v) is 5.10. The molecule has 0 bridgehead atoms. The van der Waals surface area contributed by atoms with Crippen LogP contribution in [-0.4, -0.2) is 34.2 Å². The molecule has 1 saturated heterocycles. The van der Waals surface area contributed by atoms with E-state index in [0.29, 0.717) is 16.6 Å². The minimum Gasteiger partial charge on any atom is -0.373 e. The number of pyridine rings is 1. The predicted molar refractivity (Wildman–Crippen MR) is 104 cm³/mol. The first-order valence-electron chi connectivity index (χ1n) is 8.73. The number of benzene rings is 1. The first-order chi connectivity index (χ1) is 13.3. The van der Waals surface area contributed by atoms with E-state index >= 15 is 0 Å². The fourth-order valence-corrected chi connectivity index (χ4v) is 3.56. The molecule has 1 aromatic carbocycles. The molecule has 4 rings (SSSR count). The summed E-state index contributed by atoms with van der Waals surface area (Å²) in [5, 5.41) is 14.0. The lowest BCUT2D eigenvalue weighted by Gasteiger charge is -2.19. The molecule has 0 radical (unpaired) electrons. The summed E-state index contributed by atoms with van der Waals surface area (Å²) in [4.78, 5) is 16.5. The van der Waals surface area contributed by atoms with Crippen molar-refractivity contribution in [2.75, 3.05) is 23.8 Å². The second-order valence-electron chi connectivity index (χ2n) is 6.26. The van der Waals surface area contributed by atoms with Gasteiger partial charge in [0, 0.05) is 25.3 Å². The van der Waals surface area contributed by atoms with Gasteiger partial charge in [-0.3, -0.25) is 10.1 Å². The van der Waals surface area contributed by atoms with Crippen LogP contribution in [0, 0.1) is 5.92 Å². The normalized spacial score (nSPS) is 19.0. The van der Waals surface area contributed by atoms with Crippen LogP contribution in [-0.2, 0) is 4.74 Å². The van der Waals surface area contributed by atoms with Crippen LogP contribution in [0.5, 0.6) is 0 Å². The van der Waals surface area contributed by atoms with Crippen molar-refractivity contribution >= 4 is 28.2 Å². The van der Waals surface area contributed by atoms with E-state index in [2.05, 4.69) is 37.9 Å². The summed E-state index contributed by atoms with van der Waals surface area (Å²) in [6, 6.07) is 13.8. The Labute approximate surface area is 160 Å². The van der Waals surface area contributed by atoms with Gasteiger partial charge in [0.2, 0.25) is 5.13 Å². The van der Waals surface area contributed by atoms with Crippen molar-refractivity contribution in [2.45, 2.75) is 12.5 Å². The summed E-state index contributed by atoms with van der Waals surface area (Å²) >= 11 is 1.27. The van der Waals surface area contributed by atoms with Gasteiger partial charge in [0.15, 0.2) is 0 Å². The van der Waals surface area contributed by atoms with Crippen molar-refractivity contribution < 1.29 is 9.53 Å². The molecule has 8 heteroatoms. The molecule has 27 heavy (non-hydrogen) atoms. The van der Waals surface area contributed by atoms with Gasteiger partial charge in [0.1, 0.15) is 11.3 Å². The lowest BCUT2D eigenvalue weighted by molar-refractivity contribution is 0.0933. The molecule has 0 saturated carbocycles. The number of nitrogens with one attached hydrogen (secondary N) is 2. The van der Waals surface area contributed by atoms with Crippen molar-refractivity contribution in [1.29, 1.82) is 0 Å². The molecule has 7 nitrogen and oxygen atoms in total. The summed E-state index contributed by atoms with van der Waals surface area (Å²) in [7, 11) is 0. The van der Waals surface area contributed by atoms with Crippen LogP contribution in [0.25, 0.3) is 0 Å². The van der Waals surface area contributed by atoms with Crippen molar-refractivity contribution in [3.63, 3.8) is 0 Å². The minimum absolute atomic E-state index is 0.107. The van der Waals surface area contributed by atoms with Crippen molar-refractivity contribution in [3.05, 3.63) is 65.3 Å². The summed E-state index contributed by atoms with van der Waals surface area (Å²) in [6.45, 7) is 1.53. The molecule has 2 atom stereocenters. The molecular formula is C19H19N5O2S. The first kappa shape index (κ1) is 17.6. The zero-order valence-electron chi connectivity index (χ0n) is 14.5. The van der Waals surface area contributed by atoms with Crippen LogP contribution in [0.4, 0.5) is 10.9 Å². The summed E-state index contributed by atoms with van der Waals surface area (Å²) in [6.07, 6.45) is 2.67. The van der Waals surface area contributed by atoms with Crippen LogP contribution >= 0.6 is 11.3 Å². The van der Waals surface area contributed by atoms with E-state index in [0.717, 1.165) is 25.4 Å². The fraction of sp³-hybridized carbons (Fsp3) is 0.263. The van der Waals surface area contributed by atoms with E-state index < -0.39 is 0 Å². The highest BCUT2D eigenvalue weighted by Crippen LogP contribution is 2.34. The van der Waals surface area contributed by atoms with Crippen LogP contribution in [0.15, 0.2) is 54.2 Å². The van der Waals surface area contributed by atoms with E-state index in [1.54, 1.807) is 17.8 Å². The number of anilines is 2. The molecule has 1 amide bonds. The highest BCUT2D eigenvalue weighted by molar-refractivity contribution is 7.13. The SMILES string of the molecule is O=C(Nc1nncs1)c1ccc(NCC2CCOC2c2ccccc2)nc1. The van der Waals surface area contributed by atoms with E-state index in [-0.39, 0.29) is 12.0 Å². The Morgan fingerprint density at radius 3 is 2.85 bits per heavy atom. The Morgan fingerprint density at radius 1 is 1.22 bits per heavy atom. The Kier molecular flexibility index (Phi) is 5.36. The number of hydrogen-bond acceptors (Lipinski definition) is 7. The van der Waals surface area contributed by atoms with Crippen molar-refractivity contribution in [1.82, 2.24) is 15.2 Å². The average Bonchev–Trinajstić information content (AvgIpc) is 3.39. The Hall–Kier alpha value is -2.84. The number of nitrogens with zero attached hydrogens (tertiary/aromatic N) is 3. The second kappa shape index (κ2) is 8.24. The smallest absolute Gasteiger partial charge is 0.259 e. The quantitative estimate of drug-likeness (QED) is 0.680. The number of aromatic nitrogens is 3. The minimum atomic E-state index is -0.251. The van der Waals surface area contributed by atoms with Crippen LogP contribution in [0.1, 0.15) is 28.4 Å². The third kappa shape index (κ3) is 4.29. The molecular weight excluding hydrogens is 362 g/mol. The third-order valence-electron chi connectivity index (χ3n) is 4.49. The van der Waals surface area contributed by atoms with Gasteiger partial charge in [-0.25, -0.2) is 4.98 Å². The molecule has 0 spiro atoms. The Morgan fingerprint density at radius 2 is 2.11 bits per heavy atom. The molecule has 3 heterocycles. The van der Waals surface area contributed by atoms with Gasteiger partial charge in [-0.05, 0) is 24.1 Å². The first-order valence-corrected chi connectivity index (χ1v) is 9.61. The maximum absolute atomic E-state index is 12.1. The van der Waals surface area contributed by atoms with E-state index in [1.165, 1.54) is 16.9 Å². The van der Waals surface area contributed by atoms with E-state index in [9.17, 15) is 4.79 Å². The number of ether oxygens (including phenoxy) is 1. The molecule has 3 aromatic rings. The Balaban J connectivity index is 1.34. The fourth-order valence-electron chi connectivity index (χ4n) is 3.12. The van der Waals surface area contributed by atoms with Gasteiger partial charge in [-0.1, -0.05) is 41.7 Å². The summed E-state index contributed by atoms with van der Waals surface area (Å²) in [5.41, 5.74) is 3.25.